The van der Waals surface area contributed by atoms with E-state index in [1.54, 1.807) is 6.92 Å². The van der Waals surface area contributed by atoms with Gasteiger partial charge in [0, 0.05) is 6.54 Å². The monoisotopic (exact) mass is 210 g/mol. The number of aliphatic hydroxyl groups excluding tert-OH is 1. The Hall–Kier alpha value is -1.08. The highest BCUT2D eigenvalue weighted by atomic mass is 16.3. The Labute approximate surface area is 90.3 Å². The maximum atomic E-state index is 11.8. The lowest BCUT2D eigenvalue weighted by Crippen LogP contribution is -2.43. The Morgan fingerprint density at radius 1 is 1.53 bits per heavy atom. The predicted octanol–water partition coefficient (Wildman–Crippen LogP) is 0.957. The number of hydrogen-bond donors (Lipinski definition) is 2. The first-order valence-electron chi connectivity index (χ1n) is 5.48. The molecule has 1 aliphatic carbocycles. The third-order valence-corrected chi connectivity index (χ3v) is 2.91. The fraction of sp³-hybridized carbons (Fsp3) is 0.818. The Morgan fingerprint density at radius 2 is 2.13 bits per heavy atom. The van der Waals surface area contributed by atoms with E-state index in [0.29, 0.717) is 12.8 Å². The molecule has 2 N–H and O–H groups in total. The van der Waals surface area contributed by atoms with E-state index in [0.717, 1.165) is 19.3 Å². The summed E-state index contributed by atoms with van der Waals surface area (Å²) in [7, 11) is 0. The van der Waals surface area contributed by atoms with Gasteiger partial charge in [-0.3, -0.25) is 4.79 Å². The number of carbonyl (C=O) groups excluding carboxylic acids is 1. The topological polar surface area (TPSA) is 73.1 Å². The Balaban J connectivity index is 2.57. The highest BCUT2D eigenvalue weighted by molar-refractivity contribution is 5.85. The smallest absolute Gasteiger partial charge is 0.240 e. The summed E-state index contributed by atoms with van der Waals surface area (Å²) >= 11 is 0. The van der Waals surface area contributed by atoms with E-state index < -0.39 is 11.5 Å². The van der Waals surface area contributed by atoms with Gasteiger partial charge in [-0.1, -0.05) is 19.3 Å². The van der Waals surface area contributed by atoms with Crippen molar-refractivity contribution in [3.63, 3.8) is 0 Å². The molecule has 0 aromatic carbocycles. The Morgan fingerprint density at radius 3 is 2.60 bits per heavy atom. The summed E-state index contributed by atoms with van der Waals surface area (Å²) in [5, 5.41) is 20.8. The molecule has 0 aromatic rings. The summed E-state index contributed by atoms with van der Waals surface area (Å²) in [6.07, 6.45) is 3.72. The van der Waals surface area contributed by atoms with Crippen LogP contribution in [0.25, 0.3) is 0 Å². The molecule has 0 bridgehead atoms. The van der Waals surface area contributed by atoms with E-state index in [1.807, 2.05) is 0 Å². The maximum Gasteiger partial charge on any atom is 0.240 e. The molecule has 0 heterocycles. The average Bonchev–Trinajstić information content (AvgIpc) is 2.26. The molecule has 4 nitrogen and oxygen atoms in total. The van der Waals surface area contributed by atoms with Crippen LogP contribution in [0.1, 0.15) is 39.0 Å². The minimum atomic E-state index is -0.840. The van der Waals surface area contributed by atoms with Crippen molar-refractivity contribution in [1.29, 1.82) is 5.26 Å². The summed E-state index contributed by atoms with van der Waals surface area (Å²) in [4.78, 5) is 11.8. The van der Waals surface area contributed by atoms with Gasteiger partial charge in [-0.25, -0.2) is 0 Å². The molecule has 0 aromatic heterocycles. The van der Waals surface area contributed by atoms with Gasteiger partial charge in [-0.2, -0.15) is 5.26 Å². The molecule has 1 fully saturated rings. The molecule has 0 aliphatic heterocycles. The van der Waals surface area contributed by atoms with Gasteiger partial charge >= 0.3 is 0 Å². The molecule has 1 rings (SSSR count). The zero-order valence-corrected chi connectivity index (χ0v) is 9.12. The van der Waals surface area contributed by atoms with Gasteiger partial charge in [-0.05, 0) is 19.8 Å². The molecule has 84 valence electrons. The number of rotatable bonds is 3. The molecule has 1 atom stereocenters. The highest BCUT2D eigenvalue weighted by Gasteiger charge is 2.39. The molecule has 15 heavy (non-hydrogen) atoms. The van der Waals surface area contributed by atoms with E-state index in [9.17, 15) is 4.79 Å². The van der Waals surface area contributed by atoms with Gasteiger partial charge in [0.15, 0.2) is 0 Å². The number of amides is 1. The molecule has 0 radical (unpaired) electrons. The number of nitrogens with zero attached hydrogens (tertiary/aromatic N) is 1. The number of aliphatic hydroxyl groups is 1. The van der Waals surface area contributed by atoms with Crippen molar-refractivity contribution in [1.82, 2.24) is 5.32 Å². The molecule has 1 aliphatic rings. The van der Waals surface area contributed by atoms with E-state index >= 15 is 0 Å². The van der Waals surface area contributed by atoms with Crippen molar-refractivity contribution in [2.24, 2.45) is 5.41 Å². The van der Waals surface area contributed by atoms with Crippen LogP contribution in [0.2, 0.25) is 0 Å². The first-order chi connectivity index (χ1) is 7.10. The van der Waals surface area contributed by atoms with E-state index in [-0.39, 0.29) is 12.5 Å². The van der Waals surface area contributed by atoms with Crippen molar-refractivity contribution in [3.8, 4) is 6.07 Å². The van der Waals surface area contributed by atoms with Crippen LogP contribution in [0.15, 0.2) is 0 Å². The molecule has 0 saturated heterocycles. The summed E-state index contributed by atoms with van der Waals surface area (Å²) in [5.41, 5.74) is -0.840. The summed E-state index contributed by atoms with van der Waals surface area (Å²) < 4.78 is 0. The molecular formula is C11H18N2O2. The second-order valence-corrected chi connectivity index (χ2v) is 4.31. The first kappa shape index (κ1) is 12.0. The van der Waals surface area contributed by atoms with Gasteiger partial charge in [-0.15, -0.1) is 0 Å². The van der Waals surface area contributed by atoms with Crippen LogP contribution in [-0.4, -0.2) is 23.7 Å². The number of hydrogen-bond acceptors (Lipinski definition) is 3. The quantitative estimate of drug-likeness (QED) is 0.728. The number of carbonyl (C=O) groups is 1. The lowest BCUT2D eigenvalue weighted by molar-refractivity contribution is -0.130. The first-order valence-corrected chi connectivity index (χ1v) is 5.48. The molecule has 0 unspecified atom stereocenters. The Kier molecular flexibility index (Phi) is 4.10. The van der Waals surface area contributed by atoms with Crippen LogP contribution in [0.4, 0.5) is 0 Å². The van der Waals surface area contributed by atoms with E-state index in [1.165, 1.54) is 0 Å². The maximum absolute atomic E-state index is 11.8. The van der Waals surface area contributed by atoms with Crippen LogP contribution in [0, 0.1) is 16.7 Å². The third-order valence-electron chi connectivity index (χ3n) is 2.91. The van der Waals surface area contributed by atoms with Crippen LogP contribution in [0.3, 0.4) is 0 Å². The Bertz CT molecular complexity index is 262. The normalized spacial score (nSPS) is 21.4. The van der Waals surface area contributed by atoms with E-state index in [4.69, 9.17) is 10.4 Å². The van der Waals surface area contributed by atoms with Crippen molar-refractivity contribution in [2.75, 3.05) is 6.54 Å². The predicted molar refractivity (Wildman–Crippen MR) is 55.8 cm³/mol. The van der Waals surface area contributed by atoms with E-state index in [2.05, 4.69) is 11.4 Å². The fourth-order valence-corrected chi connectivity index (χ4v) is 1.95. The largest absolute Gasteiger partial charge is 0.392 e. The second kappa shape index (κ2) is 5.13. The van der Waals surface area contributed by atoms with Crippen LogP contribution >= 0.6 is 0 Å². The van der Waals surface area contributed by atoms with Crippen molar-refractivity contribution < 1.29 is 9.90 Å². The van der Waals surface area contributed by atoms with Gasteiger partial charge in [0.1, 0.15) is 5.41 Å². The van der Waals surface area contributed by atoms with Crippen molar-refractivity contribution in [3.05, 3.63) is 0 Å². The zero-order chi connectivity index (χ0) is 11.3. The van der Waals surface area contributed by atoms with Gasteiger partial charge in [0.25, 0.3) is 0 Å². The molecular weight excluding hydrogens is 192 g/mol. The van der Waals surface area contributed by atoms with Gasteiger partial charge in [0.05, 0.1) is 12.2 Å². The van der Waals surface area contributed by atoms with Gasteiger partial charge < -0.3 is 10.4 Å². The lowest BCUT2D eigenvalue weighted by Gasteiger charge is -2.29. The molecule has 1 amide bonds. The third kappa shape index (κ3) is 2.93. The van der Waals surface area contributed by atoms with Gasteiger partial charge in [0.2, 0.25) is 5.91 Å². The highest BCUT2D eigenvalue weighted by Crippen LogP contribution is 2.35. The molecule has 1 saturated carbocycles. The molecule has 4 heteroatoms. The van der Waals surface area contributed by atoms with Crippen LogP contribution < -0.4 is 5.32 Å². The minimum absolute atomic E-state index is 0.217. The number of nitriles is 1. The second-order valence-electron chi connectivity index (χ2n) is 4.31. The van der Waals surface area contributed by atoms with Crippen molar-refractivity contribution in [2.45, 2.75) is 45.1 Å². The van der Waals surface area contributed by atoms with Crippen molar-refractivity contribution >= 4 is 5.91 Å². The van der Waals surface area contributed by atoms with Crippen LogP contribution in [0.5, 0.6) is 0 Å². The summed E-state index contributed by atoms with van der Waals surface area (Å²) in [6.45, 7) is 1.84. The minimum Gasteiger partial charge on any atom is -0.392 e. The average molecular weight is 210 g/mol. The SMILES string of the molecule is C[C@H](O)CNC(=O)C1(C#N)CCCCC1. The summed E-state index contributed by atoms with van der Waals surface area (Å²) in [5.74, 6) is -0.217. The fourth-order valence-electron chi connectivity index (χ4n) is 1.95. The molecule has 0 spiro atoms. The number of nitrogens with one attached hydrogen (secondary N) is 1. The van der Waals surface area contributed by atoms with Crippen LogP contribution in [-0.2, 0) is 4.79 Å². The lowest BCUT2D eigenvalue weighted by atomic mass is 9.74. The zero-order valence-electron chi connectivity index (χ0n) is 9.12. The standard InChI is InChI=1S/C11H18N2O2/c1-9(14)7-13-10(15)11(8-12)5-3-2-4-6-11/h9,14H,2-7H2,1H3,(H,13,15)/t9-/m0/s1. The summed E-state index contributed by atoms with van der Waals surface area (Å²) in [6, 6.07) is 2.15.